The van der Waals surface area contributed by atoms with E-state index in [-0.39, 0.29) is 23.0 Å². The van der Waals surface area contributed by atoms with Crippen LogP contribution in [0.4, 0.5) is 4.39 Å². The summed E-state index contributed by atoms with van der Waals surface area (Å²) in [6.07, 6.45) is 0.809. The molecular weight excluding hydrogens is 281 g/mol. The quantitative estimate of drug-likeness (QED) is 0.893. The molecule has 0 saturated carbocycles. The molecule has 0 bridgehead atoms. The number of likely N-dealkylation sites (tertiary alicyclic amines) is 1. The number of nitrogens with two attached hydrogens (primary N) is 1. The van der Waals surface area contributed by atoms with Crippen LogP contribution in [-0.2, 0) is 4.79 Å². The third-order valence-electron chi connectivity index (χ3n) is 3.68. The highest BCUT2D eigenvalue weighted by Gasteiger charge is 2.34. The van der Waals surface area contributed by atoms with E-state index in [4.69, 9.17) is 17.3 Å². The van der Waals surface area contributed by atoms with Gasteiger partial charge in [-0.25, -0.2) is 4.39 Å². The van der Waals surface area contributed by atoms with Gasteiger partial charge in [0, 0.05) is 12.6 Å². The fourth-order valence-corrected chi connectivity index (χ4v) is 2.71. The van der Waals surface area contributed by atoms with Gasteiger partial charge in [0.2, 0.25) is 5.91 Å². The molecule has 1 aliphatic heterocycles. The van der Waals surface area contributed by atoms with E-state index in [1.165, 1.54) is 6.07 Å². The average molecular weight is 300 g/mol. The van der Waals surface area contributed by atoms with Crippen LogP contribution in [0.5, 0.6) is 0 Å². The number of carbonyl (C=O) groups is 1. The van der Waals surface area contributed by atoms with Crippen molar-refractivity contribution in [3.05, 3.63) is 34.6 Å². The minimum Gasteiger partial charge on any atom is -0.350 e. The van der Waals surface area contributed by atoms with Crippen LogP contribution >= 0.6 is 11.6 Å². The molecule has 0 spiro atoms. The van der Waals surface area contributed by atoms with Crippen molar-refractivity contribution in [2.75, 3.05) is 13.6 Å². The molecule has 3 N–H and O–H groups in total. The number of rotatable bonds is 3. The molecule has 0 radical (unpaired) electrons. The highest BCUT2D eigenvalue weighted by atomic mass is 35.5. The predicted octanol–water partition coefficient (Wildman–Crippen LogP) is 1.69. The minimum absolute atomic E-state index is 0.0653. The van der Waals surface area contributed by atoms with Crippen LogP contribution in [0.2, 0.25) is 5.02 Å². The van der Waals surface area contributed by atoms with Gasteiger partial charge in [0.05, 0.1) is 17.1 Å². The minimum atomic E-state index is -0.552. The monoisotopic (exact) mass is 299 g/mol. The molecule has 110 valence electrons. The van der Waals surface area contributed by atoms with Gasteiger partial charge in [0.15, 0.2) is 0 Å². The number of hydrogen-bond donors (Lipinski definition) is 2. The third-order valence-corrected chi connectivity index (χ3v) is 3.98. The first kappa shape index (κ1) is 15.2. The van der Waals surface area contributed by atoms with Crippen molar-refractivity contribution in [2.45, 2.75) is 31.5 Å². The van der Waals surface area contributed by atoms with Gasteiger partial charge in [-0.2, -0.15) is 0 Å². The van der Waals surface area contributed by atoms with Gasteiger partial charge in [-0.3, -0.25) is 9.69 Å². The number of likely N-dealkylation sites (N-methyl/N-ethyl adjacent to an activating group) is 1. The molecule has 2 unspecified atom stereocenters. The molecule has 3 atom stereocenters. The van der Waals surface area contributed by atoms with Crippen molar-refractivity contribution in [3.63, 3.8) is 0 Å². The van der Waals surface area contributed by atoms with E-state index in [1.807, 2.05) is 7.05 Å². The van der Waals surface area contributed by atoms with Crippen LogP contribution in [0.25, 0.3) is 0 Å². The van der Waals surface area contributed by atoms with E-state index in [2.05, 4.69) is 10.2 Å². The third kappa shape index (κ3) is 3.11. The summed E-state index contributed by atoms with van der Waals surface area (Å²) in [5.41, 5.74) is 6.38. The summed E-state index contributed by atoms with van der Waals surface area (Å²) in [5, 5.41) is 3.03. The SMILES string of the molecule is C[C@@H](N)C(=O)NC1CCN(C)C1c1ccc(Cl)c(F)c1. The van der Waals surface area contributed by atoms with Crippen molar-refractivity contribution < 1.29 is 9.18 Å². The molecule has 1 fully saturated rings. The second kappa shape index (κ2) is 6.08. The molecule has 0 aromatic heterocycles. The van der Waals surface area contributed by atoms with Gasteiger partial charge in [-0.05, 0) is 38.1 Å². The molecule has 1 aromatic rings. The van der Waals surface area contributed by atoms with E-state index in [0.29, 0.717) is 0 Å². The number of nitrogens with one attached hydrogen (secondary N) is 1. The molecule has 1 heterocycles. The zero-order valence-corrected chi connectivity index (χ0v) is 12.3. The van der Waals surface area contributed by atoms with E-state index >= 15 is 0 Å². The Morgan fingerprint density at radius 2 is 2.30 bits per heavy atom. The van der Waals surface area contributed by atoms with Crippen LogP contribution in [-0.4, -0.2) is 36.5 Å². The Kier molecular flexibility index (Phi) is 4.62. The fourth-order valence-electron chi connectivity index (χ4n) is 2.60. The highest BCUT2D eigenvalue weighted by Crippen LogP contribution is 2.32. The Morgan fingerprint density at radius 1 is 1.60 bits per heavy atom. The number of nitrogens with zero attached hydrogens (tertiary/aromatic N) is 1. The standard InChI is InChI=1S/C14H19ClFN3O/c1-8(17)14(20)18-12-5-6-19(2)13(12)9-3-4-10(15)11(16)7-9/h3-4,7-8,12-13H,5-6,17H2,1-2H3,(H,18,20)/t8-,12?,13?/m1/s1. The molecule has 6 heteroatoms. The smallest absolute Gasteiger partial charge is 0.236 e. The lowest BCUT2D eigenvalue weighted by Crippen LogP contribution is -2.45. The lowest BCUT2D eigenvalue weighted by atomic mass is 9.99. The number of carbonyl (C=O) groups excluding carboxylic acids is 1. The number of halogens is 2. The molecule has 20 heavy (non-hydrogen) atoms. The molecule has 1 saturated heterocycles. The fraction of sp³-hybridized carbons (Fsp3) is 0.500. The first-order valence-corrected chi connectivity index (χ1v) is 6.99. The van der Waals surface area contributed by atoms with Crippen LogP contribution < -0.4 is 11.1 Å². The Balaban J connectivity index is 2.21. The maximum Gasteiger partial charge on any atom is 0.236 e. The highest BCUT2D eigenvalue weighted by molar-refractivity contribution is 6.30. The van der Waals surface area contributed by atoms with Crippen LogP contribution in [0.3, 0.4) is 0 Å². The topological polar surface area (TPSA) is 58.4 Å². The lowest BCUT2D eigenvalue weighted by molar-refractivity contribution is -0.122. The second-order valence-corrected chi connectivity index (χ2v) is 5.70. The van der Waals surface area contributed by atoms with Crippen molar-refractivity contribution >= 4 is 17.5 Å². The van der Waals surface area contributed by atoms with Crippen molar-refractivity contribution in [2.24, 2.45) is 5.73 Å². The molecule has 1 aliphatic rings. The number of hydrogen-bond acceptors (Lipinski definition) is 3. The summed E-state index contributed by atoms with van der Waals surface area (Å²) in [6.45, 7) is 2.48. The first-order valence-electron chi connectivity index (χ1n) is 6.61. The summed E-state index contributed by atoms with van der Waals surface area (Å²) in [5.74, 6) is -0.633. The van der Waals surface area contributed by atoms with E-state index in [0.717, 1.165) is 18.5 Å². The Morgan fingerprint density at radius 3 is 2.90 bits per heavy atom. The second-order valence-electron chi connectivity index (χ2n) is 5.29. The molecule has 1 aromatic carbocycles. The molecule has 1 amide bonds. The number of amides is 1. The molecular formula is C14H19ClFN3O. The van der Waals surface area contributed by atoms with E-state index in [1.54, 1.807) is 19.1 Å². The zero-order chi connectivity index (χ0) is 14.9. The van der Waals surface area contributed by atoms with E-state index < -0.39 is 11.9 Å². The van der Waals surface area contributed by atoms with Crippen molar-refractivity contribution in [1.29, 1.82) is 0 Å². The van der Waals surface area contributed by atoms with Gasteiger partial charge in [-0.1, -0.05) is 17.7 Å². The van der Waals surface area contributed by atoms with Crippen LogP contribution in [0, 0.1) is 5.82 Å². The summed E-state index contributed by atoms with van der Waals surface area (Å²) in [7, 11) is 1.95. The summed E-state index contributed by atoms with van der Waals surface area (Å²) >= 11 is 5.71. The molecule has 4 nitrogen and oxygen atoms in total. The largest absolute Gasteiger partial charge is 0.350 e. The predicted molar refractivity (Wildman–Crippen MR) is 77.0 cm³/mol. The molecule has 2 rings (SSSR count). The normalized spacial score (nSPS) is 24.6. The van der Waals surface area contributed by atoms with Gasteiger partial charge < -0.3 is 11.1 Å². The van der Waals surface area contributed by atoms with Gasteiger partial charge in [0.1, 0.15) is 5.82 Å². The summed E-state index contributed by atoms with van der Waals surface area (Å²) in [6, 6.07) is 4.08. The maximum absolute atomic E-state index is 13.6. The molecule has 0 aliphatic carbocycles. The van der Waals surface area contributed by atoms with Crippen molar-refractivity contribution in [3.8, 4) is 0 Å². The number of benzene rings is 1. The zero-order valence-electron chi connectivity index (χ0n) is 11.6. The van der Waals surface area contributed by atoms with Gasteiger partial charge in [0.25, 0.3) is 0 Å². The first-order chi connectivity index (χ1) is 9.40. The van der Waals surface area contributed by atoms with Gasteiger partial charge in [-0.15, -0.1) is 0 Å². The Hall–Kier alpha value is -1.17. The van der Waals surface area contributed by atoms with E-state index in [9.17, 15) is 9.18 Å². The average Bonchev–Trinajstić information content (AvgIpc) is 2.74. The Labute approximate surface area is 123 Å². The van der Waals surface area contributed by atoms with Crippen LogP contribution in [0.15, 0.2) is 18.2 Å². The summed E-state index contributed by atoms with van der Waals surface area (Å²) < 4.78 is 13.6. The Bertz CT molecular complexity index is 509. The van der Waals surface area contributed by atoms with Crippen molar-refractivity contribution in [1.82, 2.24) is 10.2 Å². The lowest BCUT2D eigenvalue weighted by Gasteiger charge is -2.27. The van der Waals surface area contributed by atoms with Gasteiger partial charge >= 0.3 is 0 Å². The van der Waals surface area contributed by atoms with Crippen LogP contribution in [0.1, 0.15) is 24.9 Å². The summed E-state index contributed by atoms with van der Waals surface area (Å²) in [4.78, 5) is 13.8. The maximum atomic E-state index is 13.6.